The van der Waals surface area contributed by atoms with E-state index in [1.807, 2.05) is 0 Å². The summed E-state index contributed by atoms with van der Waals surface area (Å²) < 4.78 is 67.2. The first-order valence-electron chi connectivity index (χ1n) is 8.78. The second kappa shape index (κ2) is 6.85. The molecule has 0 amide bonds. The number of fused-ring (bicyclic) bond motifs is 1. The van der Waals surface area contributed by atoms with Crippen LogP contribution in [0.4, 0.5) is 17.6 Å². The SMILES string of the molecule is COc1c(Cl)ccc(C(c2cc3ccccc3nc2C)C2(C(F)(F)F)CO2)c1F. The van der Waals surface area contributed by atoms with Crippen LogP contribution in [-0.4, -0.2) is 30.5 Å². The Morgan fingerprint density at radius 2 is 1.86 bits per heavy atom. The van der Waals surface area contributed by atoms with Gasteiger partial charge in [-0.25, -0.2) is 4.39 Å². The summed E-state index contributed by atoms with van der Waals surface area (Å²) in [6.07, 6.45) is -4.71. The fourth-order valence-electron chi connectivity index (χ4n) is 3.72. The zero-order chi connectivity index (χ0) is 21.0. The number of nitrogens with zero attached hydrogens (tertiary/aromatic N) is 1. The van der Waals surface area contributed by atoms with Gasteiger partial charge in [-0.15, -0.1) is 0 Å². The zero-order valence-electron chi connectivity index (χ0n) is 15.5. The third-order valence-corrected chi connectivity index (χ3v) is 5.56. The van der Waals surface area contributed by atoms with E-state index in [0.29, 0.717) is 16.6 Å². The van der Waals surface area contributed by atoms with Gasteiger partial charge in [0.1, 0.15) is 0 Å². The van der Waals surface area contributed by atoms with E-state index in [1.165, 1.54) is 19.2 Å². The van der Waals surface area contributed by atoms with E-state index >= 15 is 4.39 Å². The number of halogens is 5. The van der Waals surface area contributed by atoms with Gasteiger partial charge in [-0.2, -0.15) is 13.2 Å². The van der Waals surface area contributed by atoms with E-state index in [-0.39, 0.29) is 21.9 Å². The Morgan fingerprint density at radius 1 is 1.17 bits per heavy atom. The molecule has 0 bridgehead atoms. The first-order chi connectivity index (χ1) is 13.7. The fraction of sp³-hybridized carbons (Fsp3) is 0.286. The maximum absolute atomic E-state index is 15.2. The molecule has 3 nitrogen and oxygen atoms in total. The lowest BCUT2D eigenvalue weighted by atomic mass is 9.79. The Balaban J connectivity index is 2.01. The molecule has 1 aliphatic rings. The van der Waals surface area contributed by atoms with Crippen molar-refractivity contribution in [2.75, 3.05) is 13.7 Å². The van der Waals surface area contributed by atoms with Gasteiger partial charge >= 0.3 is 6.18 Å². The van der Waals surface area contributed by atoms with Crippen LogP contribution in [0.2, 0.25) is 5.02 Å². The molecule has 1 saturated heterocycles. The molecule has 3 aromatic rings. The van der Waals surface area contributed by atoms with Crippen LogP contribution in [0.25, 0.3) is 10.9 Å². The summed E-state index contributed by atoms with van der Waals surface area (Å²) in [5, 5.41) is 0.621. The molecule has 0 radical (unpaired) electrons. The van der Waals surface area contributed by atoms with Gasteiger partial charge in [0.25, 0.3) is 0 Å². The Labute approximate surface area is 169 Å². The molecule has 0 aliphatic carbocycles. The van der Waals surface area contributed by atoms with Crippen molar-refractivity contribution in [1.82, 2.24) is 4.98 Å². The van der Waals surface area contributed by atoms with Crippen molar-refractivity contribution in [3.63, 3.8) is 0 Å². The summed E-state index contributed by atoms with van der Waals surface area (Å²) in [4.78, 5) is 4.43. The van der Waals surface area contributed by atoms with Crippen LogP contribution in [-0.2, 0) is 4.74 Å². The van der Waals surface area contributed by atoms with Gasteiger partial charge in [0.2, 0.25) is 0 Å². The first-order valence-corrected chi connectivity index (χ1v) is 9.16. The third-order valence-electron chi connectivity index (χ3n) is 5.26. The average Bonchev–Trinajstić information content (AvgIpc) is 3.46. The summed E-state index contributed by atoms with van der Waals surface area (Å²) in [6.45, 7) is 1.03. The van der Waals surface area contributed by atoms with E-state index in [4.69, 9.17) is 21.1 Å². The molecule has 152 valence electrons. The first kappa shape index (κ1) is 19.9. The van der Waals surface area contributed by atoms with Gasteiger partial charge in [-0.3, -0.25) is 4.98 Å². The van der Waals surface area contributed by atoms with Crippen LogP contribution >= 0.6 is 11.6 Å². The van der Waals surface area contributed by atoms with Crippen molar-refractivity contribution >= 4 is 22.5 Å². The largest absolute Gasteiger partial charge is 0.492 e. The topological polar surface area (TPSA) is 34.6 Å². The highest BCUT2D eigenvalue weighted by molar-refractivity contribution is 6.32. The predicted molar refractivity (Wildman–Crippen MR) is 101 cm³/mol. The number of aryl methyl sites for hydroxylation is 1. The second-order valence-electron chi connectivity index (χ2n) is 6.95. The summed E-state index contributed by atoms with van der Waals surface area (Å²) in [6, 6.07) is 11.2. The third kappa shape index (κ3) is 3.13. The van der Waals surface area contributed by atoms with Crippen molar-refractivity contribution < 1.29 is 27.0 Å². The minimum atomic E-state index is -4.71. The van der Waals surface area contributed by atoms with E-state index < -0.39 is 30.1 Å². The van der Waals surface area contributed by atoms with Gasteiger partial charge in [-0.1, -0.05) is 35.9 Å². The number of hydrogen-bond donors (Lipinski definition) is 0. The number of epoxide rings is 1. The summed E-state index contributed by atoms with van der Waals surface area (Å²) >= 11 is 5.95. The number of hydrogen-bond acceptors (Lipinski definition) is 3. The number of pyridine rings is 1. The highest BCUT2D eigenvalue weighted by Gasteiger charge is 2.71. The molecule has 0 saturated carbocycles. The van der Waals surface area contributed by atoms with Crippen LogP contribution < -0.4 is 4.74 Å². The molecular formula is C21H16ClF4NO2. The number of methoxy groups -OCH3 is 1. The van der Waals surface area contributed by atoms with Crippen molar-refractivity contribution in [2.24, 2.45) is 0 Å². The smallest absolute Gasteiger partial charge is 0.420 e. The molecule has 0 spiro atoms. The van der Waals surface area contributed by atoms with Gasteiger partial charge in [0.15, 0.2) is 17.2 Å². The molecule has 2 heterocycles. The molecule has 29 heavy (non-hydrogen) atoms. The standard InChI is InChI=1S/C21H16ClF4NO2/c1-11-14(9-12-5-3-4-6-16(12)27-11)17(20(10-29-20)21(24,25)26)13-7-8-15(22)19(28-2)18(13)23/h3-9,17H,10H2,1-2H3. The average molecular weight is 426 g/mol. The molecule has 2 unspecified atom stereocenters. The zero-order valence-corrected chi connectivity index (χ0v) is 16.2. The lowest BCUT2D eigenvalue weighted by Gasteiger charge is -2.29. The predicted octanol–water partition coefficient (Wildman–Crippen LogP) is 5.81. The van der Waals surface area contributed by atoms with Crippen LogP contribution in [0, 0.1) is 12.7 Å². The van der Waals surface area contributed by atoms with Crippen molar-refractivity contribution in [1.29, 1.82) is 0 Å². The quantitative estimate of drug-likeness (QED) is 0.391. The number of rotatable bonds is 4. The van der Waals surface area contributed by atoms with Gasteiger partial charge in [0.05, 0.1) is 30.2 Å². The van der Waals surface area contributed by atoms with Crippen LogP contribution in [0.3, 0.4) is 0 Å². The maximum atomic E-state index is 15.2. The van der Waals surface area contributed by atoms with Crippen molar-refractivity contribution in [3.05, 3.63) is 70.1 Å². The minimum Gasteiger partial charge on any atom is -0.492 e. The van der Waals surface area contributed by atoms with Crippen LogP contribution in [0.5, 0.6) is 5.75 Å². The Bertz CT molecular complexity index is 1100. The van der Waals surface area contributed by atoms with E-state index in [2.05, 4.69) is 4.98 Å². The van der Waals surface area contributed by atoms with Gasteiger partial charge in [-0.05, 0) is 30.7 Å². The molecule has 0 N–H and O–H groups in total. The molecule has 2 aromatic carbocycles. The molecule has 1 fully saturated rings. The van der Waals surface area contributed by atoms with Crippen molar-refractivity contribution in [3.8, 4) is 5.75 Å². The molecule has 4 rings (SSSR count). The van der Waals surface area contributed by atoms with Gasteiger partial charge in [0, 0.05) is 16.6 Å². The maximum Gasteiger partial charge on any atom is 0.420 e. The van der Waals surface area contributed by atoms with Crippen LogP contribution in [0.15, 0.2) is 42.5 Å². The lowest BCUT2D eigenvalue weighted by molar-refractivity contribution is -0.187. The number of para-hydroxylation sites is 1. The lowest BCUT2D eigenvalue weighted by Crippen LogP contribution is -2.40. The molecule has 8 heteroatoms. The Hall–Kier alpha value is -2.38. The summed E-state index contributed by atoms with van der Waals surface area (Å²) in [5.74, 6) is -2.72. The number of aromatic nitrogens is 1. The summed E-state index contributed by atoms with van der Waals surface area (Å²) in [5.41, 5.74) is -1.51. The second-order valence-corrected chi connectivity index (χ2v) is 7.36. The Morgan fingerprint density at radius 3 is 2.48 bits per heavy atom. The number of alkyl halides is 3. The number of benzene rings is 2. The highest BCUT2D eigenvalue weighted by atomic mass is 35.5. The molecule has 1 aromatic heterocycles. The van der Waals surface area contributed by atoms with E-state index in [1.54, 1.807) is 37.3 Å². The fourth-order valence-corrected chi connectivity index (χ4v) is 3.94. The van der Waals surface area contributed by atoms with E-state index in [0.717, 1.165) is 0 Å². The van der Waals surface area contributed by atoms with Crippen LogP contribution in [0.1, 0.15) is 22.7 Å². The molecule has 1 aliphatic heterocycles. The Kier molecular flexibility index (Phi) is 4.70. The van der Waals surface area contributed by atoms with Gasteiger partial charge < -0.3 is 9.47 Å². The minimum absolute atomic E-state index is 0.0290. The van der Waals surface area contributed by atoms with Crippen molar-refractivity contribution in [2.45, 2.75) is 24.6 Å². The number of ether oxygens (including phenoxy) is 2. The summed E-state index contributed by atoms with van der Waals surface area (Å²) in [7, 11) is 1.21. The monoisotopic (exact) mass is 425 g/mol. The highest BCUT2D eigenvalue weighted by Crippen LogP contribution is 2.56. The molecule has 2 atom stereocenters. The molecular weight excluding hydrogens is 410 g/mol. The normalized spacial score (nSPS) is 20.0. The van der Waals surface area contributed by atoms with E-state index in [9.17, 15) is 13.2 Å².